The molecule has 43 heavy (non-hydrogen) atoms. The van der Waals surface area contributed by atoms with Gasteiger partial charge in [0.05, 0.1) is 23.7 Å². The van der Waals surface area contributed by atoms with Crippen LogP contribution in [0.25, 0.3) is 16.8 Å². The molecule has 0 spiro atoms. The van der Waals surface area contributed by atoms with Crippen LogP contribution in [0.3, 0.4) is 0 Å². The second kappa shape index (κ2) is 13.6. The summed E-state index contributed by atoms with van der Waals surface area (Å²) in [5, 5.41) is 11.1. The topological polar surface area (TPSA) is 123 Å². The number of nitrogens with two attached hydrogens (primary N) is 3. The maximum absolute atomic E-state index is 13.0. The van der Waals surface area contributed by atoms with Gasteiger partial charge in [-0.15, -0.1) is 24.9 Å². The normalized spacial score (nSPS) is 13.3. The van der Waals surface area contributed by atoms with Crippen LogP contribution in [-0.4, -0.2) is 29.6 Å². The molecule has 0 unspecified atom stereocenters. The molecule has 0 bridgehead atoms. The average Bonchev–Trinajstić information content (AvgIpc) is 2.92. The molecule has 230 valence electrons. The first-order chi connectivity index (χ1) is 20.1. The van der Waals surface area contributed by atoms with E-state index in [1.165, 1.54) is 36.9 Å². The second-order valence-electron chi connectivity index (χ2n) is 8.85. The highest BCUT2D eigenvalue weighted by Crippen LogP contribution is 2.39. The first kappa shape index (κ1) is 33.6. The number of aliphatic hydroxyl groups is 1. The number of aliphatic imine (C=N–C) groups is 1. The first-order valence-corrected chi connectivity index (χ1v) is 13.7. The van der Waals surface area contributed by atoms with Crippen LogP contribution in [0.15, 0.2) is 82.5 Å². The Morgan fingerprint density at radius 1 is 1.05 bits per heavy atom. The van der Waals surface area contributed by atoms with Gasteiger partial charge < -0.3 is 21.3 Å². The van der Waals surface area contributed by atoms with Crippen molar-refractivity contribution in [1.29, 1.82) is 0 Å². The molecule has 0 radical (unpaired) electrons. The summed E-state index contributed by atoms with van der Waals surface area (Å²) in [5.74, 6) is 6.00. The number of halogens is 7. The molecule has 3 rings (SSSR count). The van der Waals surface area contributed by atoms with Crippen molar-refractivity contribution in [1.82, 2.24) is 0 Å². The highest BCUT2D eigenvalue weighted by atomic mass is 35.5. The Balaban J connectivity index is 2.17. The molecule has 0 atom stereocenters. The number of aliphatic hydroxyl groups excluding tert-OH is 1. The number of benzene rings is 3. The molecule has 0 fully saturated rings. The van der Waals surface area contributed by atoms with Gasteiger partial charge in [-0.2, -0.15) is 13.2 Å². The SMILES string of the molecule is CSc1cc(-c2ccc(N=C(C)C=C(N)C(F)(F)F)c(N(N)/C(=C\N)c3ccc(OC(F)(F)F)cc3)c2)cc(Cl)c1CO. The van der Waals surface area contributed by atoms with Crippen molar-refractivity contribution in [2.45, 2.75) is 31.0 Å². The third-order valence-electron chi connectivity index (χ3n) is 5.89. The van der Waals surface area contributed by atoms with Crippen molar-refractivity contribution in [2.75, 3.05) is 11.3 Å². The predicted molar refractivity (Wildman–Crippen MR) is 158 cm³/mol. The van der Waals surface area contributed by atoms with Crippen LogP contribution >= 0.6 is 23.4 Å². The lowest BCUT2D eigenvalue weighted by Gasteiger charge is -2.24. The van der Waals surface area contributed by atoms with Gasteiger partial charge in [0.15, 0.2) is 0 Å². The largest absolute Gasteiger partial charge is 0.573 e. The molecular formula is C28H26ClF6N5O2S. The van der Waals surface area contributed by atoms with Gasteiger partial charge in [0.25, 0.3) is 0 Å². The summed E-state index contributed by atoms with van der Waals surface area (Å²) in [4.78, 5) is 4.99. The zero-order chi connectivity index (χ0) is 32.1. The molecular weight excluding hydrogens is 620 g/mol. The summed E-state index contributed by atoms with van der Waals surface area (Å²) in [6.45, 7) is 1.03. The zero-order valence-corrected chi connectivity index (χ0v) is 24.2. The maximum Gasteiger partial charge on any atom is 0.573 e. The number of ether oxygens (including phenoxy) is 1. The Bertz CT molecular complexity index is 1560. The molecule has 15 heteroatoms. The van der Waals surface area contributed by atoms with Crippen LogP contribution in [0.1, 0.15) is 18.1 Å². The smallest absolute Gasteiger partial charge is 0.406 e. The van der Waals surface area contributed by atoms with Crippen LogP contribution in [-0.2, 0) is 6.61 Å². The molecule has 0 saturated carbocycles. The molecule has 0 saturated heterocycles. The number of hydrazine groups is 1. The molecule has 3 aromatic rings. The summed E-state index contributed by atoms with van der Waals surface area (Å²) < 4.78 is 80.8. The number of alkyl halides is 6. The third kappa shape index (κ3) is 8.60. The third-order valence-corrected chi connectivity index (χ3v) is 7.03. The molecule has 0 aliphatic heterocycles. The average molecular weight is 646 g/mol. The standard InChI is InChI=1S/C28H26ClF6N5O2S/c1-15(9-26(37)27(30,31)32)39-22-8-5-17(18-10-21(29)20(14-41)25(12-18)43-2)11-23(22)40(38)24(13-36)16-3-6-19(7-4-16)42-28(33,34)35/h3-13,41H,14,36-38H2,1-2H3/b24-13-,26-9?,39-15?. The predicted octanol–water partition coefficient (Wildman–Crippen LogP) is 7.25. The van der Waals surface area contributed by atoms with Crippen molar-refractivity contribution in [2.24, 2.45) is 22.3 Å². The molecule has 0 aliphatic rings. The second-order valence-corrected chi connectivity index (χ2v) is 10.1. The summed E-state index contributed by atoms with van der Waals surface area (Å²) in [5.41, 5.74) is 12.0. The van der Waals surface area contributed by atoms with E-state index in [0.717, 1.165) is 23.3 Å². The highest BCUT2D eigenvalue weighted by molar-refractivity contribution is 7.98. The van der Waals surface area contributed by atoms with Crippen LogP contribution in [0.4, 0.5) is 37.7 Å². The Labute approximate surface area is 252 Å². The number of nitrogens with zero attached hydrogens (tertiary/aromatic N) is 2. The minimum Gasteiger partial charge on any atom is -0.406 e. The van der Waals surface area contributed by atoms with E-state index in [1.54, 1.807) is 24.3 Å². The highest BCUT2D eigenvalue weighted by Gasteiger charge is 2.32. The zero-order valence-electron chi connectivity index (χ0n) is 22.6. The molecule has 7 N–H and O–H groups in total. The van der Waals surface area contributed by atoms with Gasteiger partial charge in [-0.25, -0.2) is 5.84 Å². The van der Waals surface area contributed by atoms with Gasteiger partial charge >= 0.3 is 12.5 Å². The van der Waals surface area contributed by atoms with Crippen molar-refractivity contribution in [3.05, 3.63) is 88.7 Å². The number of allylic oxidation sites excluding steroid dienone is 2. The Kier molecular flexibility index (Phi) is 10.7. The van der Waals surface area contributed by atoms with Crippen LogP contribution in [0.2, 0.25) is 5.02 Å². The van der Waals surface area contributed by atoms with E-state index < -0.39 is 24.0 Å². The minimum absolute atomic E-state index is 0.0934. The van der Waals surface area contributed by atoms with Gasteiger partial charge in [-0.05, 0) is 78.9 Å². The van der Waals surface area contributed by atoms with Crippen molar-refractivity contribution in [3.63, 3.8) is 0 Å². The molecule has 0 aromatic heterocycles. The van der Waals surface area contributed by atoms with Gasteiger partial charge in [-0.1, -0.05) is 17.7 Å². The monoisotopic (exact) mass is 645 g/mol. The van der Waals surface area contributed by atoms with Crippen molar-refractivity contribution in [3.8, 4) is 16.9 Å². The maximum atomic E-state index is 13.0. The van der Waals surface area contributed by atoms with E-state index in [4.69, 9.17) is 28.9 Å². The number of rotatable bonds is 9. The van der Waals surface area contributed by atoms with Crippen molar-refractivity contribution >= 4 is 46.1 Å². The number of thioether (sulfide) groups is 1. The lowest BCUT2D eigenvalue weighted by Crippen LogP contribution is -2.30. The van der Waals surface area contributed by atoms with E-state index in [9.17, 15) is 31.4 Å². The van der Waals surface area contributed by atoms with Crippen LogP contribution < -0.4 is 27.1 Å². The minimum atomic E-state index is -4.89. The summed E-state index contributed by atoms with van der Waals surface area (Å²) >= 11 is 7.78. The van der Waals surface area contributed by atoms with E-state index in [0.29, 0.717) is 32.7 Å². The Hall–Kier alpha value is -3.85. The first-order valence-electron chi connectivity index (χ1n) is 12.1. The molecule has 0 heterocycles. The number of hydrogen-bond acceptors (Lipinski definition) is 8. The summed E-state index contributed by atoms with van der Waals surface area (Å²) in [7, 11) is 0. The fourth-order valence-corrected chi connectivity index (χ4v) is 4.91. The van der Waals surface area contributed by atoms with Gasteiger partial charge in [0.1, 0.15) is 11.4 Å². The quantitative estimate of drug-likeness (QED) is 0.0635. The Morgan fingerprint density at radius 2 is 1.70 bits per heavy atom. The summed E-state index contributed by atoms with van der Waals surface area (Å²) in [6.07, 6.45) is -6.08. The van der Waals surface area contributed by atoms with E-state index in [-0.39, 0.29) is 35.0 Å². The molecule has 0 aliphatic carbocycles. The van der Waals surface area contributed by atoms with Gasteiger partial charge in [-0.3, -0.25) is 10.0 Å². The Morgan fingerprint density at radius 3 is 2.23 bits per heavy atom. The van der Waals surface area contributed by atoms with Gasteiger partial charge in [0.2, 0.25) is 0 Å². The molecule has 3 aromatic carbocycles. The molecule has 0 amide bonds. The van der Waals surface area contributed by atoms with E-state index in [2.05, 4.69) is 9.73 Å². The molecule has 7 nitrogen and oxygen atoms in total. The van der Waals surface area contributed by atoms with Crippen LogP contribution in [0, 0.1) is 0 Å². The summed E-state index contributed by atoms with van der Waals surface area (Å²) in [6, 6.07) is 12.9. The lowest BCUT2D eigenvalue weighted by atomic mass is 10.0. The lowest BCUT2D eigenvalue weighted by molar-refractivity contribution is -0.274. The van der Waals surface area contributed by atoms with Crippen LogP contribution in [0.5, 0.6) is 5.75 Å². The number of hydrogen-bond donors (Lipinski definition) is 4. The fraction of sp³-hybridized carbons (Fsp3) is 0.179. The number of anilines is 1. The van der Waals surface area contributed by atoms with Crippen molar-refractivity contribution < 1.29 is 36.2 Å². The van der Waals surface area contributed by atoms with Gasteiger partial charge in [0, 0.05) is 33.0 Å². The van der Waals surface area contributed by atoms with E-state index >= 15 is 0 Å². The van der Waals surface area contributed by atoms with E-state index in [1.807, 2.05) is 6.26 Å². The fourth-order valence-electron chi connectivity index (χ4n) is 3.91.